The molecule has 0 unspecified atom stereocenters. The van der Waals surface area contributed by atoms with E-state index in [0.717, 1.165) is 12.1 Å². The molecule has 0 saturated carbocycles. The van der Waals surface area contributed by atoms with E-state index in [9.17, 15) is 22.8 Å². The second-order valence-electron chi connectivity index (χ2n) is 4.35. The van der Waals surface area contributed by atoms with Crippen molar-refractivity contribution in [3.8, 4) is 5.75 Å². The van der Waals surface area contributed by atoms with Gasteiger partial charge in [-0.3, -0.25) is 4.79 Å². The first kappa shape index (κ1) is 19.6. The third-order valence-corrected chi connectivity index (χ3v) is 2.25. The van der Waals surface area contributed by atoms with E-state index < -0.39 is 18.4 Å². The van der Waals surface area contributed by atoms with Gasteiger partial charge in [0.2, 0.25) is 6.08 Å². The number of aliphatic carboxylic acids is 1. The molecule has 6 nitrogen and oxygen atoms in total. The lowest BCUT2D eigenvalue weighted by Gasteiger charge is -2.07. The fraction of sp³-hybridized carbons (Fsp3) is 0.385. The highest BCUT2D eigenvalue weighted by Gasteiger charge is 2.30. The first-order chi connectivity index (χ1) is 10.1. The van der Waals surface area contributed by atoms with Gasteiger partial charge in [0.25, 0.3) is 0 Å². The number of ether oxygens (including phenoxy) is 1. The zero-order chi connectivity index (χ0) is 17.3. The van der Waals surface area contributed by atoms with Crippen LogP contribution in [0, 0.1) is 5.92 Å². The Hall–Kier alpha value is -2.38. The third kappa shape index (κ3) is 8.72. The lowest BCUT2D eigenvalue weighted by molar-refractivity contribution is -0.274. The standard InChI is InChI=1S/C8H4F3NO2.C5H11NO2/c9-8(10,11)14-7-3-1-6(2-4-7)12-5-13;1-3(2)4(6)5(7)8/h1-4H;3-4H,6H2,1-2H3,(H,7,8)/t;4-/m.0/s1. The van der Waals surface area contributed by atoms with Crippen molar-refractivity contribution < 1.29 is 32.6 Å². The average molecular weight is 320 g/mol. The molecular formula is C13H15F3N2O4. The minimum absolute atomic E-state index is 0.0208. The predicted molar refractivity (Wildman–Crippen MR) is 71.4 cm³/mol. The number of rotatable bonds is 4. The monoisotopic (exact) mass is 320 g/mol. The number of nitrogens with zero attached hydrogens (tertiary/aromatic N) is 1. The van der Waals surface area contributed by atoms with E-state index in [2.05, 4.69) is 9.73 Å². The number of hydrogen-bond acceptors (Lipinski definition) is 5. The van der Waals surface area contributed by atoms with Gasteiger partial charge in [0, 0.05) is 0 Å². The van der Waals surface area contributed by atoms with E-state index in [1.807, 2.05) is 0 Å². The average Bonchev–Trinajstić information content (AvgIpc) is 2.39. The van der Waals surface area contributed by atoms with Gasteiger partial charge in [-0.05, 0) is 30.2 Å². The minimum atomic E-state index is -4.71. The van der Waals surface area contributed by atoms with Crippen LogP contribution in [0.3, 0.4) is 0 Å². The van der Waals surface area contributed by atoms with Crippen LogP contribution < -0.4 is 10.5 Å². The molecule has 22 heavy (non-hydrogen) atoms. The second-order valence-corrected chi connectivity index (χ2v) is 4.35. The van der Waals surface area contributed by atoms with Gasteiger partial charge in [0.1, 0.15) is 11.8 Å². The number of isocyanates is 1. The fourth-order valence-corrected chi connectivity index (χ4v) is 1.06. The number of carboxylic acid groups (broad SMARTS) is 1. The molecule has 1 rings (SSSR count). The molecular weight excluding hydrogens is 305 g/mol. The van der Waals surface area contributed by atoms with Crippen molar-refractivity contribution in [3.63, 3.8) is 0 Å². The van der Waals surface area contributed by atoms with Crippen molar-refractivity contribution in [2.75, 3.05) is 0 Å². The van der Waals surface area contributed by atoms with Crippen LogP contribution in [0.1, 0.15) is 13.8 Å². The number of alkyl halides is 3. The third-order valence-electron chi connectivity index (χ3n) is 2.25. The highest BCUT2D eigenvalue weighted by molar-refractivity contribution is 5.73. The molecule has 122 valence electrons. The molecule has 0 spiro atoms. The van der Waals surface area contributed by atoms with E-state index in [-0.39, 0.29) is 17.4 Å². The zero-order valence-electron chi connectivity index (χ0n) is 11.8. The van der Waals surface area contributed by atoms with Crippen molar-refractivity contribution in [1.29, 1.82) is 0 Å². The van der Waals surface area contributed by atoms with E-state index >= 15 is 0 Å². The Morgan fingerprint density at radius 2 is 1.82 bits per heavy atom. The number of benzene rings is 1. The van der Waals surface area contributed by atoms with Crippen LogP contribution in [0.25, 0.3) is 0 Å². The number of aliphatic imine (C=N–C) groups is 1. The van der Waals surface area contributed by atoms with Gasteiger partial charge in [0.05, 0.1) is 5.69 Å². The number of carboxylic acids is 1. The Kier molecular flexibility index (Phi) is 7.85. The lowest BCUT2D eigenvalue weighted by Crippen LogP contribution is -2.34. The summed E-state index contributed by atoms with van der Waals surface area (Å²) >= 11 is 0. The van der Waals surface area contributed by atoms with Crippen LogP contribution >= 0.6 is 0 Å². The molecule has 0 radical (unpaired) electrons. The van der Waals surface area contributed by atoms with Crippen molar-refractivity contribution in [1.82, 2.24) is 0 Å². The summed E-state index contributed by atoms with van der Waals surface area (Å²) in [5, 5.41) is 8.23. The molecule has 0 saturated heterocycles. The summed E-state index contributed by atoms with van der Waals surface area (Å²) in [6.45, 7) is 3.55. The Morgan fingerprint density at radius 3 is 2.09 bits per heavy atom. The van der Waals surface area contributed by atoms with E-state index in [4.69, 9.17) is 10.8 Å². The van der Waals surface area contributed by atoms with Crippen LogP contribution in [-0.4, -0.2) is 29.6 Å². The summed E-state index contributed by atoms with van der Waals surface area (Å²) in [5.74, 6) is -1.27. The summed E-state index contributed by atoms with van der Waals surface area (Å²) in [7, 11) is 0. The van der Waals surface area contributed by atoms with Crippen molar-refractivity contribution in [3.05, 3.63) is 24.3 Å². The maximum atomic E-state index is 11.7. The summed E-state index contributed by atoms with van der Waals surface area (Å²) in [5.41, 5.74) is 5.38. The maximum Gasteiger partial charge on any atom is 0.573 e. The molecule has 0 fully saturated rings. The fourth-order valence-electron chi connectivity index (χ4n) is 1.06. The van der Waals surface area contributed by atoms with Crippen LogP contribution in [-0.2, 0) is 9.59 Å². The number of carbonyl (C=O) groups excluding carboxylic acids is 1. The van der Waals surface area contributed by atoms with Gasteiger partial charge >= 0.3 is 12.3 Å². The summed E-state index contributed by atoms with van der Waals surface area (Å²) in [6.07, 6.45) is -3.45. The smallest absolute Gasteiger partial charge is 0.480 e. The molecule has 1 aromatic carbocycles. The molecule has 0 bridgehead atoms. The van der Waals surface area contributed by atoms with Gasteiger partial charge in [-0.2, -0.15) is 4.99 Å². The van der Waals surface area contributed by atoms with Gasteiger partial charge in [0.15, 0.2) is 0 Å². The lowest BCUT2D eigenvalue weighted by atomic mass is 10.1. The van der Waals surface area contributed by atoms with Crippen LogP contribution in [0.4, 0.5) is 18.9 Å². The first-order valence-electron chi connectivity index (χ1n) is 5.99. The Bertz CT molecular complexity index is 523. The largest absolute Gasteiger partial charge is 0.573 e. The summed E-state index contributed by atoms with van der Waals surface area (Å²) < 4.78 is 38.6. The van der Waals surface area contributed by atoms with E-state index in [1.165, 1.54) is 18.2 Å². The first-order valence-corrected chi connectivity index (χ1v) is 5.99. The molecule has 3 N–H and O–H groups in total. The predicted octanol–water partition coefficient (Wildman–Crippen LogP) is 2.61. The number of carbonyl (C=O) groups is 1. The highest BCUT2D eigenvalue weighted by Crippen LogP contribution is 2.24. The quantitative estimate of drug-likeness (QED) is 0.656. The van der Waals surface area contributed by atoms with E-state index in [1.54, 1.807) is 13.8 Å². The minimum Gasteiger partial charge on any atom is -0.480 e. The highest BCUT2D eigenvalue weighted by atomic mass is 19.4. The van der Waals surface area contributed by atoms with Gasteiger partial charge in [-0.1, -0.05) is 13.8 Å². The number of nitrogens with two attached hydrogens (primary N) is 1. The summed E-state index contributed by atoms with van der Waals surface area (Å²) in [6, 6.07) is 3.83. The SMILES string of the molecule is CC(C)[C@H](N)C(=O)O.O=C=Nc1ccc(OC(F)(F)F)cc1. The molecule has 9 heteroatoms. The van der Waals surface area contributed by atoms with Gasteiger partial charge < -0.3 is 15.6 Å². The molecule has 0 aliphatic heterocycles. The van der Waals surface area contributed by atoms with Crippen molar-refractivity contribution in [2.45, 2.75) is 26.3 Å². The normalized spacial score (nSPS) is 11.8. The molecule has 0 aliphatic carbocycles. The number of halogens is 3. The zero-order valence-corrected chi connectivity index (χ0v) is 11.8. The van der Waals surface area contributed by atoms with Gasteiger partial charge in [-0.15, -0.1) is 13.2 Å². The molecule has 1 atom stereocenters. The van der Waals surface area contributed by atoms with Gasteiger partial charge in [-0.25, -0.2) is 4.79 Å². The van der Waals surface area contributed by atoms with Crippen molar-refractivity contribution in [2.24, 2.45) is 16.6 Å². The Morgan fingerprint density at radius 1 is 1.32 bits per heavy atom. The Balaban J connectivity index is 0.000000472. The van der Waals surface area contributed by atoms with Crippen molar-refractivity contribution >= 4 is 17.7 Å². The molecule has 0 heterocycles. The topological polar surface area (TPSA) is 102 Å². The molecule has 0 amide bonds. The van der Waals surface area contributed by atoms with E-state index in [0.29, 0.717) is 0 Å². The Labute approximate surface area is 124 Å². The maximum absolute atomic E-state index is 11.7. The molecule has 0 aliphatic rings. The van der Waals surface area contributed by atoms with Crippen LogP contribution in [0.2, 0.25) is 0 Å². The van der Waals surface area contributed by atoms with Crippen LogP contribution in [0.15, 0.2) is 29.3 Å². The second kappa shape index (κ2) is 8.81. The summed E-state index contributed by atoms with van der Waals surface area (Å²) in [4.78, 5) is 23.0. The molecule has 1 aromatic rings. The number of hydrogen-bond donors (Lipinski definition) is 2. The van der Waals surface area contributed by atoms with Crippen LogP contribution in [0.5, 0.6) is 5.75 Å². The molecule has 0 aromatic heterocycles.